The Morgan fingerprint density at radius 1 is 1.31 bits per heavy atom. The summed E-state index contributed by atoms with van der Waals surface area (Å²) in [7, 11) is 0. The van der Waals surface area contributed by atoms with Gasteiger partial charge in [0.1, 0.15) is 11.6 Å². The predicted octanol–water partition coefficient (Wildman–Crippen LogP) is 3.90. The molecule has 0 unspecified atom stereocenters. The molecule has 0 spiro atoms. The molecule has 0 atom stereocenters. The van der Waals surface area contributed by atoms with E-state index >= 15 is 0 Å². The first-order valence-corrected chi connectivity index (χ1v) is 10.6. The maximum absolute atomic E-state index is 12.8. The molecule has 150 valence electrons. The summed E-state index contributed by atoms with van der Waals surface area (Å²) < 4.78 is 13.2. The van der Waals surface area contributed by atoms with Crippen LogP contribution in [0.15, 0.2) is 50.8 Å². The Bertz CT molecular complexity index is 1160. The summed E-state index contributed by atoms with van der Waals surface area (Å²) in [6.45, 7) is 3.64. The van der Waals surface area contributed by atoms with Gasteiger partial charge in [-0.05, 0) is 78.4 Å². The van der Waals surface area contributed by atoms with Gasteiger partial charge in [-0.15, -0.1) is 0 Å². The monoisotopic (exact) mass is 569 g/mol. The predicted molar refractivity (Wildman–Crippen MR) is 123 cm³/mol. The second-order valence-corrected chi connectivity index (χ2v) is 8.04. The number of ether oxygens (including phenoxy) is 2. The van der Waals surface area contributed by atoms with Gasteiger partial charge in [-0.2, -0.15) is 9.78 Å². The molecule has 3 rings (SSSR count). The van der Waals surface area contributed by atoms with Crippen molar-refractivity contribution in [2.75, 3.05) is 13.2 Å². The number of esters is 1. The van der Waals surface area contributed by atoms with E-state index in [4.69, 9.17) is 9.47 Å². The zero-order chi connectivity index (χ0) is 21.0. The van der Waals surface area contributed by atoms with Crippen LogP contribution in [0.3, 0.4) is 0 Å². The molecule has 1 aromatic heterocycles. The van der Waals surface area contributed by atoms with E-state index in [0.717, 1.165) is 13.6 Å². The van der Waals surface area contributed by atoms with Gasteiger partial charge in [0.2, 0.25) is 0 Å². The second-order valence-electron chi connectivity index (χ2n) is 5.97. The van der Waals surface area contributed by atoms with Crippen LogP contribution in [-0.2, 0) is 9.53 Å². The molecule has 29 heavy (non-hydrogen) atoms. The van der Waals surface area contributed by atoms with E-state index in [1.54, 1.807) is 44.3 Å². The zero-order valence-electron chi connectivity index (χ0n) is 15.7. The van der Waals surface area contributed by atoms with Crippen molar-refractivity contribution in [2.24, 2.45) is 5.10 Å². The third kappa shape index (κ3) is 5.21. The lowest BCUT2D eigenvalue weighted by molar-refractivity contribution is -0.145. The van der Waals surface area contributed by atoms with Gasteiger partial charge in [-0.1, -0.05) is 15.9 Å². The van der Waals surface area contributed by atoms with Crippen LogP contribution < -0.4 is 10.3 Å². The fourth-order valence-electron chi connectivity index (χ4n) is 2.57. The van der Waals surface area contributed by atoms with Crippen molar-refractivity contribution in [3.8, 4) is 5.75 Å². The van der Waals surface area contributed by atoms with Crippen molar-refractivity contribution in [1.82, 2.24) is 9.66 Å². The van der Waals surface area contributed by atoms with Gasteiger partial charge in [-0.3, -0.25) is 4.79 Å². The molecule has 0 saturated heterocycles. The number of hydrogen-bond donors (Lipinski definition) is 0. The maximum atomic E-state index is 12.8. The van der Waals surface area contributed by atoms with E-state index in [0.29, 0.717) is 29.1 Å². The number of halogens is 2. The number of fused-ring (bicyclic) bond motifs is 1. The topological polar surface area (TPSA) is 82.8 Å². The number of aryl methyl sites for hydroxylation is 1. The third-order valence-electron chi connectivity index (χ3n) is 3.90. The van der Waals surface area contributed by atoms with Gasteiger partial charge in [-0.25, -0.2) is 9.78 Å². The Labute approximate surface area is 189 Å². The number of hydrogen-bond acceptors (Lipinski definition) is 6. The summed E-state index contributed by atoms with van der Waals surface area (Å²) in [5.74, 6) is 0.644. The lowest BCUT2D eigenvalue weighted by Crippen LogP contribution is -2.20. The van der Waals surface area contributed by atoms with Gasteiger partial charge in [0.25, 0.3) is 5.56 Å². The SMILES string of the molecule is CCOC(=O)COc1ccc(C=Nn2c(C)nc3ccc(Br)cc3c2=O)cc1I. The second kappa shape index (κ2) is 9.49. The minimum absolute atomic E-state index is 0.149. The van der Waals surface area contributed by atoms with Gasteiger partial charge < -0.3 is 9.47 Å². The summed E-state index contributed by atoms with van der Waals surface area (Å²) in [6.07, 6.45) is 1.58. The Morgan fingerprint density at radius 3 is 2.83 bits per heavy atom. The summed E-state index contributed by atoms with van der Waals surface area (Å²) in [5, 5.41) is 4.79. The number of carbonyl (C=O) groups is 1. The van der Waals surface area contributed by atoms with E-state index in [-0.39, 0.29) is 12.2 Å². The molecule has 2 aromatic carbocycles. The minimum Gasteiger partial charge on any atom is -0.481 e. The third-order valence-corrected chi connectivity index (χ3v) is 5.24. The van der Waals surface area contributed by atoms with Crippen LogP contribution in [0.1, 0.15) is 18.3 Å². The van der Waals surface area contributed by atoms with Crippen LogP contribution in [0.2, 0.25) is 0 Å². The largest absolute Gasteiger partial charge is 0.481 e. The average Bonchev–Trinajstić information content (AvgIpc) is 2.68. The fraction of sp³-hybridized carbons (Fsp3) is 0.200. The highest BCUT2D eigenvalue weighted by atomic mass is 127. The molecule has 7 nitrogen and oxygen atoms in total. The van der Waals surface area contributed by atoms with Crippen LogP contribution in [-0.4, -0.2) is 35.1 Å². The molecule has 0 bridgehead atoms. The van der Waals surface area contributed by atoms with Gasteiger partial charge in [0.15, 0.2) is 6.61 Å². The summed E-state index contributed by atoms with van der Waals surface area (Å²) in [6, 6.07) is 10.7. The fourth-order valence-corrected chi connectivity index (χ4v) is 3.63. The van der Waals surface area contributed by atoms with Crippen LogP contribution in [0.25, 0.3) is 10.9 Å². The Morgan fingerprint density at radius 2 is 2.10 bits per heavy atom. The lowest BCUT2D eigenvalue weighted by Gasteiger charge is -2.08. The van der Waals surface area contributed by atoms with Crippen LogP contribution in [0.4, 0.5) is 0 Å². The minimum atomic E-state index is -0.417. The highest BCUT2D eigenvalue weighted by molar-refractivity contribution is 14.1. The highest BCUT2D eigenvalue weighted by Crippen LogP contribution is 2.22. The Hall–Kier alpha value is -2.27. The average molecular weight is 570 g/mol. The molecule has 0 aliphatic heterocycles. The van der Waals surface area contributed by atoms with Gasteiger partial charge in [0.05, 0.1) is 27.3 Å². The van der Waals surface area contributed by atoms with Crippen LogP contribution in [0.5, 0.6) is 5.75 Å². The standard InChI is InChI=1S/C20H17BrIN3O4/c1-3-28-19(26)11-29-18-7-4-13(8-16(18)22)10-23-25-12(2)24-17-6-5-14(21)9-15(17)20(25)27/h4-10H,3,11H2,1-2H3. The van der Waals surface area contributed by atoms with E-state index in [1.165, 1.54) is 4.68 Å². The number of benzene rings is 2. The van der Waals surface area contributed by atoms with E-state index in [1.807, 2.05) is 12.1 Å². The number of aromatic nitrogens is 2. The Balaban J connectivity index is 1.84. The quantitative estimate of drug-likeness (QED) is 0.255. The highest BCUT2D eigenvalue weighted by Gasteiger charge is 2.09. The molecular weight excluding hydrogens is 553 g/mol. The van der Waals surface area contributed by atoms with Crippen molar-refractivity contribution in [1.29, 1.82) is 0 Å². The molecule has 9 heteroatoms. The summed E-state index contributed by atoms with van der Waals surface area (Å²) >= 11 is 5.49. The number of carbonyl (C=O) groups excluding carboxylic acids is 1. The first-order valence-electron chi connectivity index (χ1n) is 8.70. The molecule has 3 aromatic rings. The maximum Gasteiger partial charge on any atom is 0.344 e. The lowest BCUT2D eigenvalue weighted by atomic mass is 10.2. The molecule has 0 fully saturated rings. The number of nitrogens with zero attached hydrogens (tertiary/aromatic N) is 3. The first-order chi connectivity index (χ1) is 13.9. The molecule has 1 heterocycles. The normalized spacial score (nSPS) is 11.2. The summed E-state index contributed by atoms with van der Waals surface area (Å²) in [5.41, 5.74) is 1.16. The first kappa shape index (κ1) is 21.4. The van der Waals surface area contributed by atoms with Gasteiger partial charge >= 0.3 is 5.97 Å². The molecule has 0 N–H and O–H groups in total. The van der Waals surface area contributed by atoms with Crippen molar-refractivity contribution in [3.05, 3.63) is 66.2 Å². The Kier molecular flexibility index (Phi) is 7.01. The van der Waals surface area contributed by atoms with E-state index in [2.05, 4.69) is 48.6 Å². The van der Waals surface area contributed by atoms with Crippen LogP contribution >= 0.6 is 38.5 Å². The van der Waals surface area contributed by atoms with Crippen molar-refractivity contribution in [2.45, 2.75) is 13.8 Å². The molecule has 0 saturated carbocycles. The summed E-state index contributed by atoms with van der Waals surface area (Å²) in [4.78, 5) is 28.6. The molecule has 0 aliphatic carbocycles. The van der Waals surface area contributed by atoms with Crippen molar-refractivity contribution < 1.29 is 14.3 Å². The van der Waals surface area contributed by atoms with Gasteiger partial charge in [0, 0.05) is 4.47 Å². The van der Waals surface area contributed by atoms with E-state index < -0.39 is 5.97 Å². The van der Waals surface area contributed by atoms with Crippen molar-refractivity contribution >= 4 is 61.6 Å². The van der Waals surface area contributed by atoms with Crippen molar-refractivity contribution in [3.63, 3.8) is 0 Å². The van der Waals surface area contributed by atoms with Crippen LogP contribution in [0, 0.1) is 10.5 Å². The zero-order valence-corrected chi connectivity index (χ0v) is 19.4. The smallest absolute Gasteiger partial charge is 0.344 e. The van der Waals surface area contributed by atoms with E-state index in [9.17, 15) is 9.59 Å². The number of rotatable bonds is 6. The molecule has 0 aliphatic rings. The molecule has 0 radical (unpaired) electrons. The molecule has 0 amide bonds. The molecular formula is C20H17BrIN3O4.